The molecule has 28 heavy (non-hydrogen) atoms. The molecule has 1 aromatic heterocycles. The van der Waals surface area contributed by atoms with E-state index in [1.54, 1.807) is 31.6 Å². The molecule has 0 spiro atoms. The third-order valence-corrected chi connectivity index (χ3v) is 7.34. The number of aliphatic hydroxyl groups excluding tert-OH is 1. The number of thiophene rings is 1. The second-order valence-electron chi connectivity index (χ2n) is 5.93. The molecule has 1 heterocycles. The summed E-state index contributed by atoms with van der Waals surface area (Å²) in [7, 11) is -0.237. The van der Waals surface area contributed by atoms with Crippen LogP contribution in [0.3, 0.4) is 0 Å². The largest absolute Gasteiger partial charge is 0.396 e. The number of hydrogen-bond donors (Lipinski definition) is 3. The summed E-state index contributed by atoms with van der Waals surface area (Å²) in [6.07, 6.45) is 0. The van der Waals surface area contributed by atoms with Crippen LogP contribution in [0, 0.1) is 0 Å². The van der Waals surface area contributed by atoms with E-state index in [4.69, 9.17) is 0 Å². The van der Waals surface area contributed by atoms with E-state index < -0.39 is 10.0 Å². The first-order valence-electron chi connectivity index (χ1n) is 8.59. The van der Waals surface area contributed by atoms with E-state index in [9.17, 15) is 13.5 Å². The van der Waals surface area contributed by atoms with Crippen LogP contribution < -0.4 is 10.6 Å². The van der Waals surface area contributed by atoms with Gasteiger partial charge < -0.3 is 15.7 Å². The summed E-state index contributed by atoms with van der Waals surface area (Å²) in [5, 5.41) is 17.6. The number of halogens is 1. The highest BCUT2D eigenvalue weighted by Crippen LogP contribution is 2.19. The Kier molecular flexibility index (Phi) is 11.0. The van der Waals surface area contributed by atoms with Gasteiger partial charge in [-0.2, -0.15) is 4.31 Å². The third-order valence-electron chi connectivity index (χ3n) is 4.11. The minimum atomic E-state index is -3.45. The van der Waals surface area contributed by atoms with Crippen LogP contribution in [0.4, 0.5) is 0 Å². The number of hydrogen-bond acceptors (Lipinski definition) is 5. The molecule has 3 N–H and O–H groups in total. The Morgan fingerprint density at radius 2 is 1.93 bits per heavy atom. The van der Waals surface area contributed by atoms with Crippen LogP contribution >= 0.6 is 35.3 Å². The van der Waals surface area contributed by atoms with Crippen LogP contribution in [0.1, 0.15) is 11.5 Å². The molecule has 0 amide bonds. The van der Waals surface area contributed by atoms with Crippen LogP contribution in [0.5, 0.6) is 0 Å². The average molecular weight is 538 g/mol. The lowest BCUT2D eigenvalue weighted by Crippen LogP contribution is -2.43. The minimum absolute atomic E-state index is 0. The lowest BCUT2D eigenvalue weighted by Gasteiger charge is -2.20. The number of aliphatic imine (C=N–C) groups is 1. The molecule has 2 aromatic rings. The highest BCUT2D eigenvalue weighted by atomic mass is 127. The molecule has 0 fully saturated rings. The van der Waals surface area contributed by atoms with Crippen molar-refractivity contribution >= 4 is 51.3 Å². The summed E-state index contributed by atoms with van der Waals surface area (Å²) in [4.78, 5) is 4.14. The molecule has 0 radical (unpaired) electrons. The van der Waals surface area contributed by atoms with Crippen LogP contribution in [0.2, 0.25) is 0 Å². The van der Waals surface area contributed by atoms with Gasteiger partial charge in [0.15, 0.2) is 5.96 Å². The molecular formula is C18H27IN4O3S2. The van der Waals surface area contributed by atoms with E-state index in [-0.39, 0.29) is 36.5 Å². The lowest BCUT2D eigenvalue weighted by atomic mass is 10.0. The van der Waals surface area contributed by atoms with Crippen molar-refractivity contribution in [2.24, 2.45) is 4.99 Å². The van der Waals surface area contributed by atoms with Crippen molar-refractivity contribution in [2.45, 2.75) is 10.1 Å². The van der Waals surface area contributed by atoms with E-state index in [2.05, 4.69) is 15.6 Å². The fourth-order valence-electron chi connectivity index (χ4n) is 2.47. The van der Waals surface area contributed by atoms with E-state index in [0.717, 1.165) is 5.56 Å². The van der Waals surface area contributed by atoms with E-state index in [0.29, 0.717) is 29.8 Å². The van der Waals surface area contributed by atoms with Crippen molar-refractivity contribution in [2.75, 3.05) is 40.3 Å². The fraction of sp³-hybridized carbons (Fsp3) is 0.389. The van der Waals surface area contributed by atoms with Crippen LogP contribution in [0.25, 0.3) is 0 Å². The van der Waals surface area contributed by atoms with Gasteiger partial charge in [0, 0.05) is 39.6 Å². The summed E-state index contributed by atoms with van der Waals surface area (Å²) in [6, 6.07) is 13.1. The van der Waals surface area contributed by atoms with Gasteiger partial charge in [-0.05, 0) is 17.0 Å². The van der Waals surface area contributed by atoms with Gasteiger partial charge in [0.05, 0.1) is 6.61 Å². The Labute approximate surface area is 188 Å². The van der Waals surface area contributed by atoms with Gasteiger partial charge in [-0.25, -0.2) is 8.42 Å². The first-order valence-corrected chi connectivity index (χ1v) is 10.9. The van der Waals surface area contributed by atoms with Crippen molar-refractivity contribution in [1.82, 2.24) is 14.9 Å². The summed E-state index contributed by atoms with van der Waals surface area (Å²) >= 11 is 1.20. The standard InChI is InChI=1S/C18H26N4O3S2.HI/c1-19-18(21-13-16(14-23)15-7-4-3-5-8-15)20-10-11-22(2)27(24,25)17-9-6-12-26-17;/h3-9,12,16,23H,10-11,13-14H2,1-2H3,(H2,19,20,21);1H. The first-order chi connectivity index (χ1) is 13.0. The van der Waals surface area contributed by atoms with Crippen molar-refractivity contribution in [3.8, 4) is 0 Å². The Hall–Kier alpha value is -1.21. The number of nitrogens with one attached hydrogen (secondary N) is 2. The second-order valence-corrected chi connectivity index (χ2v) is 9.15. The average Bonchev–Trinajstić information content (AvgIpc) is 3.23. The molecule has 10 heteroatoms. The molecule has 0 saturated carbocycles. The third kappa shape index (κ3) is 6.99. The topological polar surface area (TPSA) is 94.0 Å². The number of aliphatic hydroxyl groups is 1. The van der Waals surface area contributed by atoms with Crippen LogP contribution in [0.15, 0.2) is 57.0 Å². The molecule has 2 rings (SSSR count). The Morgan fingerprint density at radius 3 is 2.50 bits per heavy atom. The predicted octanol–water partition coefficient (Wildman–Crippen LogP) is 1.93. The van der Waals surface area contributed by atoms with E-state index in [1.165, 1.54) is 15.6 Å². The molecule has 1 aromatic carbocycles. The summed E-state index contributed by atoms with van der Waals surface area (Å²) in [5.41, 5.74) is 1.05. The zero-order valence-electron chi connectivity index (χ0n) is 15.9. The molecule has 7 nitrogen and oxygen atoms in total. The van der Waals surface area contributed by atoms with Crippen molar-refractivity contribution in [3.05, 3.63) is 53.4 Å². The summed E-state index contributed by atoms with van der Waals surface area (Å²) < 4.78 is 26.4. The maximum atomic E-state index is 12.4. The molecule has 0 aliphatic carbocycles. The number of rotatable bonds is 9. The van der Waals surface area contributed by atoms with Crippen molar-refractivity contribution < 1.29 is 13.5 Å². The van der Waals surface area contributed by atoms with Crippen LogP contribution in [-0.2, 0) is 10.0 Å². The Balaban J connectivity index is 0.00000392. The maximum Gasteiger partial charge on any atom is 0.252 e. The van der Waals surface area contributed by atoms with Gasteiger partial charge in [0.1, 0.15) is 4.21 Å². The monoisotopic (exact) mass is 538 g/mol. The molecular weight excluding hydrogens is 511 g/mol. The SMILES string of the molecule is CN=C(NCCN(C)S(=O)(=O)c1cccs1)NCC(CO)c1ccccc1.I. The van der Waals surface area contributed by atoms with Gasteiger partial charge in [0.25, 0.3) is 10.0 Å². The number of sulfonamides is 1. The fourth-order valence-corrected chi connectivity index (χ4v) is 4.84. The zero-order chi connectivity index (χ0) is 19.7. The van der Waals surface area contributed by atoms with Crippen molar-refractivity contribution in [3.63, 3.8) is 0 Å². The van der Waals surface area contributed by atoms with E-state index >= 15 is 0 Å². The summed E-state index contributed by atoms with van der Waals surface area (Å²) in [5.74, 6) is 0.512. The number of guanidine groups is 1. The van der Waals surface area contributed by atoms with Gasteiger partial charge in [-0.3, -0.25) is 4.99 Å². The van der Waals surface area contributed by atoms with Gasteiger partial charge >= 0.3 is 0 Å². The van der Waals surface area contributed by atoms with Gasteiger partial charge in [0.2, 0.25) is 0 Å². The first kappa shape index (κ1) is 24.8. The molecule has 0 saturated heterocycles. The normalized spacial score (nSPS) is 13.1. The van der Waals surface area contributed by atoms with Gasteiger partial charge in [-0.1, -0.05) is 36.4 Å². The molecule has 1 unspecified atom stereocenters. The highest BCUT2D eigenvalue weighted by Gasteiger charge is 2.21. The van der Waals surface area contributed by atoms with Crippen molar-refractivity contribution in [1.29, 1.82) is 0 Å². The van der Waals surface area contributed by atoms with Gasteiger partial charge in [-0.15, -0.1) is 35.3 Å². The minimum Gasteiger partial charge on any atom is -0.396 e. The number of benzene rings is 1. The molecule has 0 aliphatic heterocycles. The second kappa shape index (κ2) is 12.4. The number of likely N-dealkylation sites (N-methyl/N-ethyl adjacent to an activating group) is 1. The Bertz CT molecular complexity index is 815. The number of nitrogens with zero attached hydrogens (tertiary/aromatic N) is 2. The zero-order valence-corrected chi connectivity index (χ0v) is 19.9. The predicted molar refractivity (Wildman–Crippen MR) is 125 cm³/mol. The van der Waals surface area contributed by atoms with E-state index in [1.807, 2.05) is 30.3 Å². The smallest absolute Gasteiger partial charge is 0.252 e. The highest BCUT2D eigenvalue weighted by molar-refractivity contribution is 14.0. The lowest BCUT2D eigenvalue weighted by molar-refractivity contribution is 0.265. The maximum absolute atomic E-state index is 12.4. The van der Waals surface area contributed by atoms with Crippen LogP contribution in [-0.4, -0.2) is 64.1 Å². The molecule has 1 atom stereocenters. The molecule has 0 aliphatic rings. The molecule has 156 valence electrons. The summed E-state index contributed by atoms with van der Waals surface area (Å²) in [6.45, 7) is 1.26. The quantitative estimate of drug-likeness (QED) is 0.258. The Morgan fingerprint density at radius 1 is 1.21 bits per heavy atom. The molecule has 0 bridgehead atoms.